The summed E-state index contributed by atoms with van der Waals surface area (Å²) in [6, 6.07) is 6.12. The molecule has 2 amide bonds. The van der Waals surface area contributed by atoms with E-state index in [4.69, 9.17) is 4.74 Å². The van der Waals surface area contributed by atoms with Crippen LogP contribution in [0.5, 0.6) is 0 Å². The van der Waals surface area contributed by atoms with Crippen molar-refractivity contribution in [2.45, 2.75) is 72.5 Å². The summed E-state index contributed by atoms with van der Waals surface area (Å²) in [6.45, 7) is 13.0. The Morgan fingerprint density at radius 2 is 1.74 bits per heavy atom. The van der Waals surface area contributed by atoms with Crippen molar-refractivity contribution in [3.63, 3.8) is 0 Å². The van der Waals surface area contributed by atoms with E-state index in [1.165, 1.54) is 21.9 Å². The van der Waals surface area contributed by atoms with E-state index in [2.05, 4.69) is 5.32 Å². The SMILES string of the molecule is CC.CCCCN(CC1(O)CN(C(=O)c2ccc(F)c(F)c2Nc2ccc(C)cc2F)C1)C(=O)OC(C)(C)C. The third-order valence-electron chi connectivity index (χ3n) is 5.89. The molecule has 1 fully saturated rings. The molecule has 1 aliphatic rings. The molecule has 0 bridgehead atoms. The zero-order valence-corrected chi connectivity index (χ0v) is 23.8. The lowest BCUT2D eigenvalue weighted by Crippen LogP contribution is -2.68. The number of aliphatic hydroxyl groups is 1. The number of unbranched alkanes of at least 4 members (excludes halogenated alkanes) is 1. The number of likely N-dealkylation sites (tertiary alicyclic amines) is 1. The highest BCUT2D eigenvalue weighted by Gasteiger charge is 2.46. The molecule has 39 heavy (non-hydrogen) atoms. The van der Waals surface area contributed by atoms with Gasteiger partial charge in [-0.05, 0) is 63.9 Å². The highest BCUT2D eigenvalue weighted by atomic mass is 19.2. The van der Waals surface area contributed by atoms with Crippen LogP contribution in [0.25, 0.3) is 0 Å². The number of hydrogen-bond acceptors (Lipinski definition) is 5. The second-order valence-corrected chi connectivity index (χ2v) is 10.5. The van der Waals surface area contributed by atoms with Gasteiger partial charge in [0.2, 0.25) is 0 Å². The molecule has 0 atom stereocenters. The zero-order chi connectivity index (χ0) is 29.5. The molecule has 3 rings (SSSR count). The van der Waals surface area contributed by atoms with Crippen molar-refractivity contribution in [1.82, 2.24) is 9.80 Å². The molecule has 0 radical (unpaired) electrons. The second kappa shape index (κ2) is 13.2. The van der Waals surface area contributed by atoms with Crippen molar-refractivity contribution in [3.8, 4) is 0 Å². The number of carbonyl (C=O) groups is 2. The van der Waals surface area contributed by atoms with Gasteiger partial charge in [0.05, 0.1) is 36.6 Å². The number of hydrogen-bond donors (Lipinski definition) is 2. The normalized spacial score (nSPS) is 14.1. The number of rotatable bonds is 8. The predicted molar refractivity (Wildman–Crippen MR) is 146 cm³/mol. The van der Waals surface area contributed by atoms with Crippen molar-refractivity contribution in [2.24, 2.45) is 0 Å². The summed E-state index contributed by atoms with van der Waals surface area (Å²) in [6.07, 6.45) is 0.971. The number of β-amino-alcohol motifs (C(OH)–C–C–N with tert-alkyl or cyclic N) is 1. The Kier molecular flexibility index (Phi) is 10.8. The number of anilines is 2. The second-order valence-electron chi connectivity index (χ2n) is 10.5. The number of nitrogens with zero attached hydrogens (tertiary/aromatic N) is 2. The van der Waals surface area contributed by atoms with Crippen molar-refractivity contribution in [3.05, 3.63) is 58.9 Å². The summed E-state index contributed by atoms with van der Waals surface area (Å²) in [7, 11) is 0. The van der Waals surface area contributed by atoms with Crippen molar-refractivity contribution in [2.75, 3.05) is 31.5 Å². The quantitative estimate of drug-likeness (QED) is 0.397. The first-order chi connectivity index (χ1) is 18.2. The fourth-order valence-electron chi connectivity index (χ4n) is 4.05. The number of amides is 2. The molecule has 0 aromatic heterocycles. The van der Waals surface area contributed by atoms with Gasteiger partial charge in [-0.2, -0.15) is 0 Å². The summed E-state index contributed by atoms with van der Waals surface area (Å²) in [5, 5.41) is 13.5. The molecule has 1 saturated heterocycles. The maximum absolute atomic E-state index is 14.7. The molecule has 1 aliphatic heterocycles. The molecule has 216 valence electrons. The highest BCUT2D eigenvalue weighted by molar-refractivity contribution is 6.01. The van der Waals surface area contributed by atoms with E-state index in [0.29, 0.717) is 18.5 Å². The van der Waals surface area contributed by atoms with Gasteiger partial charge in [0, 0.05) is 6.54 Å². The van der Waals surface area contributed by atoms with Crippen LogP contribution in [0.15, 0.2) is 30.3 Å². The van der Waals surface area contributed by atoms with Crippen molar-refractivity contribution >= 4 is 23.4 Å². The number of ether oxygens (including phenoxy) is 1. The predicted octanol–water partition coefficient (Wildman–Crippen LogP) is 6.41. The van der Waals surface area contributed by atoms with Crippen LogP contribution >= 0.6 is 0 Å². The van der Waals surface area contributed by atoms with E-state index >= 15 is 0 Å². The third-order valence-corrected chi connectivity index (χ3v) is 5.89. The van der Waals surface area contributed by atoms with Crippen molar-refractivity contribution < 1.29 is 32.6 Å². The molecule has 2 aromatic rings. The Morgan fingerprint density at radius 1 is 1.10 bits per heavy atom. The van der Waals surface area contributed by atoms with Crippen LogP contribution in [-0.4, -0.2) is 64.3 Å². The largest absolute Gasteiger partial charge is 0.444 e. The lowest BCUT2D eigenvalue weighted by atomic mass is 9.92. The molecule has 2 N–H and O–H groups in total. The Hall–Kier alpha value is -3.27. The van der Waals surface area contributed by atoms with Gasteiger partial charge in [-0.3, -0.25) is 4.79 Å². The number of aryl methyl sites for hydroxylation is 1. The molecular formula is C29H40F3N3O4. The van der Waals surface area contributed by atoms with Gasteiger partial charge in [-0.15, -0.1) is 0 Å². The number of carbonyl (C=O) groups excluding carboxylic acids is 2. The molecule has 1 heterocycles. The first kappa shape index (κ1) is 31.9. The monoisotopic (exact) mass is 551 g/mol. The van der Waals surface area contributed by atoms with E-state index in [1.807, 2.05) is 20.8 Å². The Bertz CT molecular complexity index is 1160. The minimum atomic E-state index is -1.39. The van der Waals surface area contributed by atoms with Gasteiger partial charge in [-0.25, -0.2) is 18.0 Å². The Morgan fingerprint density at radius 3 is 2.31 bits per heavy atom. The van der Waals surface area contributed by atoms with Gasteiger partial charge >= 0.3 is 6.09 Å². The van der Waals surface area contributed by atoms with Gasteiger partial charge in [0.25, 0.3) is 5.91 Å². The maximum Gasteiger partial charge on any atom is 0.410 e. The summed E-state index contributed by atoms with van der Waals surface area (Å²) in [5.74, 6) is -3.88. The summed E-state index contributed by atoms with van der Waals surface area (Å²) >= 11 is 0. The van der Waals surface area contributed by atoms with Gasteiger partial charge in [-0.1, -0.05) is 33.3 Å². The molecule has 0 aliphatic carbocycles. The summed E-state index contributed by atoms with van der Waals surface area (Å²) in [5.41, 5.74) is -2.29. The van der Waals surface area contributed by atoms with Crippen LogP contribution in [-0.2, 0) is 4.74 Å². The Labute approximate surface area is 228 Å². The first-order valence-electron chi connectivity index (χ1n) is 13.2. The molecular weight excluding hydrogens is 511 g/mol. The van der Waals surface area contributed by atoms with Gasteiger partial charge in [0.15, 0.2) is 11.6 Å². The molecule has 0 unspecified atom stereocenters. The number of nitrogens with one attached hydrogen (secondary N) is 1. The smallest absolute Gasteiger partial charge is 0.410 e. The first-order valence-corrected chi connectivity index (χ1v) is 13.2. The van der Waals surface area contributed by atoms with Gasteiger partial charge in [0.1, 0.15) is 17.0 Å². The lowest BCUT2D eigenvalue weighted by molar-refractivity contribution is -0.0980. The van der Waals surface area contributed by atoms with E-state index < -0.39 is 46.3 Å². The maximum atomic E-state index is 14.7. The van der Waals surface area contributed by atoms with Crippen LogP contribution in [0.4, 0.5) is 29.3 Å². The minimum Gasteiger partial charge on any atom is -0.444 e. The topological polar surface area (TPSA) is 82.1 Å². The van der Waals surface area contributed by atoms with Crippen LogP contribution in [0.1, 0.15) is 70.3 Å². The minimum absolute atomic E-state index is 0.0524. The molecule has 10 heteroatoms. The van der Waals surface area contributed by atoms with Crippen LogP contribution in [0.3, 0.4) is 0 Å². The average Bonchev–Trinajstić information content (AvgIpc) is 2.84. The van der Waals surface area contributed by atoms with E-state index in [9.17, 15) is 27.9 Å². The fourth-order valence-corrected chi connectivity index (χ4v) is 4.05. The van der Waals surface area contributed by atoms with Gasteiger partial charge < -0.3 is 25.0 Å². The molecule has 0 saturated carbocycles. The molecule has 0 spiro atoms. The molecule has 7 nitrogen and oxygen atoms in total. The number of halogens is 3. The highest BCUT2D eigenvalue weighted by Crippen LogP contribution is 2.32. The van der Waals surface area contributed by atoms with Crippen LogP contribution in [0, 0.1) is 24.4 Å². The van der Waals surface area contributed by atoms with E-state index in [-0.39, 0.29) is 30.9 Å². The number of benzene rings is 2. The van der Waals surface area contributed by atoms with E-state index in [1.54, 1.807) is 33.8 Å². The van der Waals surface area contributed by atoms with Crippen molar-refractivity contribution in [1.29, 1.82) is 0 Å². The fraction of sp³-hybridized carbons (Fsp3) is 0.517. The zero-order valence-electron chi connectivity index (χ0n) is 23.8. The van der Waals surface area contributed by atoms with Crippen LogP contribution < -0.4 is 5.32 Å². The van der Waals surface area contributed by atoms with Crippen LogP contribution in [0.2, 0.25) is 0 Å². The van der Waals surface area contributed by atoms with E-state index in [0.717, 1.165) is 18.6 Å². The summed E-state index contributed by atoms with van der Waals surface area (Å²) < 4.78 is 48.6. The Balaban J connectivity index is 0.00000260. The lowest BCUT2D eigenvalue weighted by Gasteiger charge is -2.48. The molecule has 2 aromatic carbocycles. The average molecular weight is 552 g/mol. The standard InChI is InChI=1S/C27H34F3N3O4.C2H6/c1-6-7-12-32(25(35)37-26(3,4)5)14-27(36)15-33(16-27)24(34)18-9-10-19(28)22(30)23(18)31-21-11-8-17(2)13-20(21)29;1-2/h8-11,13,31,36H,6-7,12,14-16H2,1-5H3;1-2H3. The summed E-state index contributed by atoms with van der Waals surface area (Å²) in [4.78, 5) is 28.5. The third kappa shape index (κ3) is 8.36.